The fourth-order valence-electron chi connectivity index (χ4n) is 1.68. The average Bonchev–Trinajstić information content (AvgIpc) is 2.98. The second-order valence-corrected chi connectivity index (χ2v) is 4.18. The van der Waals surface area contributed by atoms with Crippen LogP contribution in [0.15, 0.2) is 23.1 Å². The standard InChI is InChI=1S/C12H17N5O2/c1-3-4-9-5-11(17(2)16-9)15-12(18)13-6-10-7-19-8-14-10/h5,7-8H,3-4,6H2,1-2H3,(H2,13,15,18). The molecule has 102 valence electrons. The molecule has 0 aliphatic rings. The van der Waals surface area contributed by atoms with Crippen LogP contribution in [0.5, 0.6) is 0 Å². The van der Waals surface area contributed by atoms with E-state index in [1.54, 1.807) is 11.7 Å². The van der Waals surface area contributed by atoms with Crippen LogP contribution in [0.1, 0.15) is 24.7 Å². The molecule has 0 spiro atoms. The summed E-state index contributed by atoms with van der Waals surface area (Å²) in [6.45, 7) is 2.41. The SMILES string of the molecule is CCCc1cc(NC(=O)NCc2cocn2)n(C)n1. The van der Waals surface area contributed by atoms with E-state index < -0.39 is 0 Å². The summed E-state index contributed by atoms with van der Waals surface area (Å²) in [6.07, 6.45) is 4.74. The summed E-state index contributed by atoms with van der Waals surface area (Å²) in [6, 6.07) is 1.58. The van der Waals surface area contributed by atoms with E-state index >= 15 is 0 Å². The minimum Gasteiger partial charge on any atom is -0.451 e. The van der Waals surface area contributed by atoms with Crippen LogP contribution in [0.2, 0.25) is 0 Å². The lowest BCUT2D eigenvalue weighted by atomic mass is 10.2. The molecule has 0 bridgehead atoms. The smallest absolute Gasteiger partial charge is 0.320 e. The molecule has 2 heterocycles. The Kier molecular flexibility index (Phi) is 4.17. The highest BCUT2D eigenvalue weighted by Gasteiger charge is 2.08. The van der Waals surface area contributed by atoms with Crippen LogP contribution in [0.4, 0.5) is 10.6 Å². The number of amides is 2. The molecule has 0 fully saturated rings. The molecule has 2 aromatic heterocycles. The largest absolute Gasteiger partial charge is 0.451 e. The van der Waals surface area contributed by atoms with E-state index in [4.69, 9.17) is 4.42 Å². The highest BCUT2D eigenvalue weighted by atomic mass is 16.3. The van der Waals surface area contributed by atoms with Gasteiger partial charge in [-0.3, -0.25) is 10.00 Å². The van der Waals surface area contributed by atoms with Crippen molar-refractivity contribution in [3.8, 4) is 0 Å². The van der Waals surface area contributed by atoms with Gasteiger partial charge >= 0.3 is 6.03 Å². The van der Waals surface area contributed by atoms with Crippen molar-refractivity contribution in [1.82, 2.24) is 20.1 Å². The number of anilines is 1. The number of nitrogens with one attached hydrogen (secondary N) is 2. The summed E-state index contributed by atoms with van der Waals surface area (Å²) in [5, 5.41) is 9.74. The molecule has 2 aromatic rings. The zero-order valence-electron chi connectivity index (χ0n) is 11.0. The average molecular weight is 263 g/mol. The maximum atomic E-state index is 11.7. The number of aromatic nitrogens is 3. The third-order valence-corrected chi connectivity index (χ3v) is 2.59. The molecule has 2 amide bonds. The van der Waals surface area contributed by atoms with E-state index in [0.717, 1.165) is 18.5 Å². The van der Waals surface area contributed by atoms with Gasteiger partial charge in [0.15, 0.2) is 6.39 Å². The fourth-order valence-corrected chi connectivity index (χ4v) is 1.68. The number of rotatable bonds is 5. The van der Waals surface area contributed by atoms with Gasteiger partial charge in [-0.15, -0.1) is 0 Å². The molecule has 0 aliphatic heterocycles. The van der Waals surface area contributed by atoms with E-state index in [1.165, 1.54) is 12.7 Å². The van der Waals surface area contributed by atoms with Gasteiger partial charge in [0.25, 0.3) is 0 Å². The van der Waals surface area contributed by atoms with Gasteiger partial charge in [-0.1, -0.05) is 13.3 Å². The summed E-state index contributed by atoms with van der Waals surface area (Å²) in [5.74, 6) is 0.668. The normalized spacial score (nSPS) is 10.4. The Bertz CT molecular complexity index is 532. The summed E-state index contributed by atoms with van der Waals surface area (Å²) in [5.41, 5.74) is 1.64. The van der Waals surface area contributed by atoms with E-state index in [9.17, 15) is 4.79 Å². The molecule has 0 unspecified atom stereocenters. The molecule has 0 aliphatic carbocycles. The highest BCUT2D eigenvalue weighted by molar-refractivity contribution is 5.88. The number of carbonyl (C=O) groups is 1. The van der Waals surface area contributed by atoms with Crippen LogP contribution in [-0.4, -0.2) is 20.8 Å². The van der Waals surface area contributed by atoms with Gasteiger partial charge in [-0.25, -0.2) is 9.78 Å². The molecule has 0 saturated heterocycles. The van der Waals surface area contributed by atoms with Crippen LogP contribution >= 0.6 is 0 Å². The number of hydrogen-bond donors (Lipinski definition) is 2. The number of aryl methyl sites for hydroxylation is 2. The van der Waals surface area contributed by atoms with Crippen molar-refractivity contribution in [2.75, 3.05) is 5.32 Å². The maximum Gasteiger partial charge on any atom is 0.320 e. The predicted molar refractivity (Wildman–Crippen MR) is 69.6 cm³/mol. The van der Waals surface area contributed by atoms with Crippen molar-refractivity contribution in [1.29, 1.82) is 0 Å². The van der Waals surface area contributed by atoms with Crippen molar-refractivity contribution in [2.24, 2.45) is 7.05 Å². The molecular weight excluding hydrogens is 246 g/mol. The molecule has 19 heavy (non-hydrogen) atoms. The summed E-state index contributed by atoms with van der Waals surface area (Å²) < 4.78 is 6.47. The first kappa shape index (κ1) is 13.1. The van der Waals surface area contributed by atoms with Gasteiger partial charge < -0.3 is 9.73 Å². The zero-order chi connectivity index (χ0) is 13.7. The number of carbonyl (C=O) groups excluding carboxylic acids is 1. The van der Waals surface area contributed by atoms with Crippen LogP contribution < -0.4 is 10.6 Å². The molecule has 2 rings (SSSR count). The topological polar surface area (TPSA) is 85.0 Å². The number of urea groups is 1. The fraction of sp³-hybridized carbons (Fsp3) is 0.417. The first-order chi connectivity index (χ1) is 9.19. The number of hydrogen-bond acceptors (Lipinski definition) is 4. The minimum atomic E-state index is -0.297. The van der Waals surface area contributed by atoms with Crippen molar-refractivity contribution < 1.29 is 9.21 Å². The molecule has 2 N–H and O–H groups in total. The Morgan fingerprint density at radius 2 is 2.32 bits per heavy atom. The molecule has 0 saturated carbocycles. The Balaban J connectivity index is 1.87. The Morgan fingerprint density at radius 1 is 1.47 bits per heavy atom. The monoisotopic (exact) mass is 263 g/mol. The molecule has 0 atom stereocenters. The van der Waals surface area contributed by atoms with E-state index in [1.807, 2.05) is 6.07 Å². The Labute approximate surface area is 111 Å². The number of nitrogens with zero attached hydrogens (tertiary/aromatic N) is 3. The highest BCUT2D eigenvalue weighted by Crippen LogP contribution is 2.10. The van der Waals surface area contributed by atoms with E-state index in [0.29, 0.717) is 18.1 Å². The minimum absolute atomic E-state index is 0.297. The quantitative estimate of drug-likeness (QED) is 0.859. The van der Waals surface area contributed by atoms with Crippen molar-refractivity contribution in [3.05, 3.63) is 30.1 Å². The van der Waals surface area contributed by atoms with Crippen molar-refractivity contribution in [2.45, 2.75) is 26.3 Å². The number of oxazole rings is 1. The van der Waals surface area contributed by atoms with Gasteiger partial charge in [0.1, 0.15) is 12.1 Å². The van der Waals surface area contributed by atoms with Crippen molar-refractivity contribution in [3.63, 3.8) is 0 Å². The first-order valence-corrected chi connectivity index (χ1v) is 6.14. The van der Waals surface area contributed by atoms with Gasteiger partial charge in [0, 0.05) is 13.1 Å². The van der Waals surface area contributed by atoms with Crippen LogP contribution in [0, 0.1) is 0 Å². The lowest BCUT2D eigenvalue weighted by Gasteiger charge is -2.05. The third kappa shape index (κ3) is 3.57. The van der Waals surface area contributed by atoms with Crippen LogP contribution in [-0.2, 0) is 20.0 Å². The van der Waals surface area contributed by atoms with Gasteiger partial charge in [0.2, 0.25) is 0 Å². The van der Waals surface area contributed by atoms with E-state index in [2.05, 4.69) is 27.6 Å². The third-order valence-electron chi connectivity index (χ3n) is 2.59. The Hall–Kier alpha value is -2.31. The second-order valence-electron chi connectivity index (χ2n) is 4.18. The van der Waals surface area contributed by atoms with Crippen molar-refractivity contribution >= 4 is 11.8 Å². The Morgan fingerprint density at radius 3 is 3.00 bits per heavy atom. The van der Waals surface area contributed by atoms with Crippen LogP contribution in [0.3, 0.4) is 0 Å². The zero-order valence-corrected chi connectivity index (χ0v) is 11.0. The molecule has 7 heteroatoms. The molecule has 0 aromatic carbocycles. The summed E-state index contributed by atoms with van der Waals surface area (Å²) in [4.78, 5) is 15.6. The predicted octanol–water partition coefficient (Wildman–Crippen LogP) is 1.68. The lowest BCUT2D eigenvalue weighted by Crippen LogP contribution is -2.29. The summed E-state index contributed by atoms with van der Waals surface area (Å²) >= 11 is 0. The summed E-state index contributed by atoms with van der Waals surface area (Å²) in [7, 11) is 1.80. The van der Waals surface area contributed by atoms with Gasteiger partial charge in [0.05, 0.1) is 17.9 Å². The first-order valence-electron chi connectivity index (χ1n) is 6.14. The maximum absolute atomic E-state index is 11.7. The van der Waals surface area contributed by atoms with Gasteiger partial charge in [-0.2, -0.15) is 5.10 Å². The van der Waals surface area contributed by atoms with E-state index in [-0.39, 0.29) is 6.03 Å². The second kappa shape index (κ2) is 6.03. The van der Waals surface area contributed by atoms with Gasteiger partial charge in [-0.05, 0) is 6.42 Å². The van der Waals surface area contributed by atoms with Crippen LogP contribution in [0.25, 0.3) is 0 Å². The molecule has 0 radical (unpaired) electrons. The molecular formula is C12H17N5O2. The molecule has 7 nitrogen and oxygen atoms in total. The lowest BCUT2D eigenvalue weighted by molar-refractivity contribution is 0.251.